The summed E-state index contributed by atoms with van der Waals surface area (Å²) in [6.45, 7) is 6.00. The molecule has 0 aliphatic carbocycles. The van der Waals surface area contributed by atoms with Crippen LogP contribution in [0.15, 0.2) is 29.3 Å². The Morgan fingerprint density at radius 3 is 2.54 bits per heavy atom. The number of amides is 1. The van der Waals surface area contributed by atoms with Crippen LogP contribution in [0.5, 0.6) is 0 Å². The van der Waals surface area contributed by atoms with E-state index in [4.69, 9.17) is 5.11 Å². The number of carboxylic acid groups (broad SMARTS) is 2. The molecule has 0 radical (unpaired) electrons. The highest BCUT2D eigenvalue weighted by atomic mass is 32.2. The van der Waals surface area contributed by atoms with Crippen molar-refractivity contribution in [2.24, 2.45) is 5.92 Å². The quantitative estimate of drug-likeness (QED) is 0.449. The van der Waals surface area contributed by atoms with Crippen molar-refractivity contribution in [3.8, 4) is 0 Å². The number of aliphatic carboxylic acids is 2. The van der Waals surface area contributed by atoms with Gasteiger partial charge in [-0.2, -0.15) is 0 Å². The molecule has 8 heteroatoms. The number of rotatable bonds is 10. The molecule has 1 aromatic carbocycles. The van der Waals surface area contributed by atoms with Gasteiger partial charge in [0.25, 0.3) is 0 Å². The van der Waals surface area contributed by atoms with Crippen LogP contribution in [0, 0.1) is 12.8 Å². The summed E-state index contributed by atoms with van der Waals surface area (Å²) in [5.41, 5.74) is 2.07. The van der Waals surface area contributed by atoms with Crippen LogP contribution in [0.25, 0.3) is 10.9 Å². The minimum absolute atomic E-state index is 0.151. The predicted octanol–water partition coefficient (Wildman–Crippen LogP) is 3.42. The Balaban J connectivity index is 2.20. The summed E-state index contributed by atoms with van der Waals surface area (Å²) < 4.78 is 0. The number of carboxylic acids is 2. The van der Waals surface area contributed by atoms with Gasteiger partial charge in [0.2, 0.25) is 5.91 Å². The second kappa shape index (κ2) is 9.64. The van der Waals surface area contributed by atoms with Crippen LogP contribution in [-0.2, 0) is 14.4 Å². The maximum absolute atomic E-state index is 12.8. The van der Waals surface area contributed by atoms with E-state index in [1.807, 2.05) is 45.2 Å². The number of carbonyl (C=O) groups excluding carboxylic acids is 1. The number of aromatic amines is 1. The summed E-state index contributed by atoms with van der Waals surface area (Å²) in [4.78, 5) is 39.1. The third kappa shape index (κ3) is 5.76. The lowest BCUT2D eigenvalue weighted by Crippen LogP contribution is -2.45. The normalized spacial score (nSPS) is 13.4. The van der Waals surface area contributed by atoms with Gasteiger partial charge in [-0.05, 0) is 37.3 Å². The predicted molar refractivity (Wildman–Crippen MR) is 109 cm³/mol. The van der Waals surface area contributed by atoms with Gasteiger partial charge in [0.1, 0.15) is 6.04 Å². The van der Waals surface area contributed by atoms with Crippen LogP contribution in [0.3, 0.4) is 0 Å². The largest absolute Gasteiger partial charge is 0.481 e. The molecule has 2 atom stereocenters. The molecule has 0 spiro atoms. The molecule has 28 heavy (non-hydrogen) atoms. The van der Waals surface area contributed by atoms with Crippen molar-refractivity contribution in [1.82, 2.24) is 10.3 Å². The first kappa shape index (κ1) is 21.8. The molecule has 2 rings (SSSR count). The van der Waals surface area contributed by atoms with Crippen molar-refractivity contribution in [1.29, 1.82) is 0 Å². The van der Waals surface area contributed by atoms with Crippen LogP contribution < -0.4 is 5.32 Å². The smallest absolute Gasteiger partial charge is 0.326 e. The van der Waals surface area contributed by atoms with E-state index in [2.05, 4.69) is 10.3 Å². The number of fused-ring (bicyclic) bond motifs is 1. The van der Waals surface area contributed by atoms with Gasteiger partial charge in [-0.15, -0.1) is 11.8 Å². The molecular weight excluding hydrogens is 380 g/mol. The highest BCUT2D eigenvalue weighted by molar-refractivity contribution is 8.00. The molecule has 152 valence electrons. The zero-order valence-electron chi connectivity index (χ0n) is 16.2. The van der Waals surface area contributed by atoms with Gasteiger partial charge in [0, 0.05) is 28.4 Å². The molecule has 4 N–H and O–H groups in total. The number of H-pyrrole nitrogens is 1. The SMILES string of the molecule is Cc1cccc2[nH]cc(S[C@H](CC(C)C)C(=O)NC(CCC(=O)O)C(=O)O)c12. The second-order valence-corrected chi connectivity index (χ2v) is 8.46. The van der Waals surface area contributed by atoms with E-state index in [1.54, 1.807) is 0 Å². The molecule has 1 aromatic heterocycles. The molecule has 0 aliphatic rings. The molecule has 7 nitrogen and oxygen atoms in total. The highest BCUT2D eigenvalue weighted by Crippen LogP contribution is 2.35. The average Bonchev–Trinajstić information content (AvgIpc) is 3.01. The summed E-state index contributed by atoms with van der Waals surface area (Å²) >= 11 is 1.40. The fraction of sp³-hybridized carbons (Fsp3) is 0.450. The van der Waals surface area contributed by atoms with Gasteiger partial charge in [-0.3, -0.25) is 9.59 Å². The van der Waals surface area contributed by atoms with E-state index >= 15 is 0 Å². The van der Waals surface area contributed by atoms with Crippen molar-refractivity contribution in [2.45, 2.75) is 56.2 Å². The van der Waals surface area contributed by atoms with Gasteiger partial charge >= 0.3 is 11.9 Å². The lowest BCUT2D eigenvalue weighted by molar-refractivity contribution is -0.143. The van der Waals surface area contributed by atoms with E-state index in [-0.39, 0.29) is 24.7 Å². The number of aromatic nitrogens is 1. The second-order valence-electron chi connectivity index (χ2n) is 7.22. The minimum atomic E-state index is -1.23. The molecule has 0 saturated heterocycles. The van der Waals surface area contributed by atoms with Gasteiger partial charge in [-0.25, -0.2) is 4.79 Å². The molecule has 0 bridgehead atoms. The summed E-state index contributed by atoms with van der Waals surface area (Å²) in [7, 11) is 0. The van der Waals surface area contributed by atoms with E-state index in [9.17, 15) is 19.5 Å². The van der Waals surface area contributed by atoms with Gasteiger partial charge in [0.15, 0.2) is 0 Å². The van der Waals surface area contributed by atoms with Crippen molar-refractivity contribution < 1.29 is 24.6 Å². The fourth-order valence-corrected chi connectivity index (χ4v) is 4.48. The van der Waals surface area contributed by atoms with Crippen LogP contribution in [0.1, 0.15) is 38.7 Å². The van der Waals surface area contributed by atoms with Crippen LogP contribution in [0.2, 0.25) is 0 Å². The number of nitrogens with one attached hydrogen (secondary N) is 2. The monoisotopic (exact) mass is 406 g/mol. The molecule has 2 aromatic rings. The Morgan fingerprint density at radius 2 is 1.93 bits per heavy atom. The number of thioether (sulfide) groups is 1. The van der Waals surface area contributed by atoms with E-state index in [1.165, 1.54) is 11.8 Å². The molecule has 1 unspecified atom stereocenters. The summed E-state index contributed by atoms with van der Waals surface area (Å²) in [6, 6.07) is 4.71. The van der Waals surface area contributed by atoms with E-state index < -0.39 is 23.2 Å². The Hall–Kier alpha value is -2.48. The number of hydrogen-bond donors (Lipinski definition) is 4. The molecule has 0 aliphatic heterocycles. The number of hydrogen-bond acceptors (Lipinski definition) is 4. The van der Waals surface area contributed by atoms with Crippen molar-refractivity contribution in [3.05, 3.63) is 30.0 Å². The lowest BCUT2D eigenvalue weighted by atomic mass is 10.1. The molecule has 0 saturated carbocycles. The number of aryl methyl sites for hydroxylation is 1. The zero-order valence-corrected chi connectivity index (χ0v) is 17.0. The third-order valence-electron chi connectivity index (χ3n) is 4.39. The van der Waals surface area contributed by atoms with Gasteiger partial charge < -0.3 is 20.5 Å². The number of benzene rings is 1. The fourth-order valence-electron chi connectivity index (χ4n) is 3.00. The minimum Gasteiger partial charge on any atom is -0.481 e. The maximum Gasteiger partial charge on any atom is 0.326 e. The van der Waals surface area contributed by atoms with Crippen molar-refractivity contribution >= 4 is 40.5 Å². The number of carbonyl (C=O) groups is 3. The summed E-state index contributed by atoms with van der Waals surface area (Å²) in [6.07, 6.45) is 1.96. The standard InChI is InChI=1S/C20H26N2O5S/c1-11(2)9-15(19(25)22-14(20(26)27)7-8-17(23)24)28-16-10-21-13-6-4-5-12(3)18(13)16/h4-6,10-11,14-15,21H,7-9H2,1-3H3,(H,22,25)(H,23,24)(H,26,27)/t14?,15-/m1/s1. The third-order valence-corrected chi connectivity index (χ3v) is 5.65. The molecule has 0 fully saturated rings. The highest BCUT2D eigenvalue weighted by Gasteiger charge is 2.28. The molecular formula is C20H26N2O5S. The summed E-state index contributed by atoms with van der Waals surface area (Å²) in [5, 5.41) is 21.2. The first-order chi connectivity index (χ1) is 13.2. The Labute approximate surface area is 167 Å². The van der Waals surface area contributed by atoms with Crippen molar-refractivity contribution in [2.75, 3.05) is 0 Å². The Morgan fingerprint density at radius 1 is 1.21 bits per heavy atom. The average molecular weight is 407 g/mol. The molecule has 1 amide bonds. The van der Waals surface area contributed by atoms with Crippen LogP contribution in [-0.4, -0.2) is 44.3 Å². The van der Waals surface area contributed by atoms with Crippen molar-refractivity contribution in [3.63, 3.8) is 0 Å². The van der Waals surface area contributed by atoms with Crippen LogP contribution in [0.4, 0.5) is 0 Å². The topological polar surface area (TPSA) is 119 Å². The van der Waals surface area contributed by atoms with E-state index in [0.29, 0.717) is 6.42 Å². The summed E-state index contributed by atoms with van der Waals surface area (Å²) in [5.74, 6) is -2.48. The lowest BCUT2D eigenvalue weighted by Gasteiger charge is -2.21. The Kier molecular flexibility index (Phi) is 7.51. The zero-order chi connectivity index (χ0) is 20.8. The first-order valence-corrected chi connectivity index (χ1v) is 10.0. The Bertz CT molecular complexity index is 861. The van der Waals surface area contributed by atoms with Gasteiger partial charge in [-0.1, -0.05) is 26.0 Å². The van der Waals surface area contributed by atoms with E-state index in [0.717, 1.165) is 21.4 Å². The first-order valence-electron chi connectivity index (χ1n) is 9.17. The maximum atomic E-state index is 12.8. The van der Waals surface area contributed by atoms with Crippen LogP contribution >= 0.6 is 11.8 Å². The van der Waals surface area contributed by atoms with Gasteiger partial charge in [0.05, 0.1) is 5.25 Å². The molecule has 1 heterocycles.